The molecule has 1 aromatic carbocycles. The average molecular weight is 185 g/mol. The Bertz CT molecular complexity index is 233. The molecule has 0 bridgehead atoms. The van der Waals surface area contributed by atoms with Gasteiger partial charge >= 0.3 is 0 Å². The van der Waals surface area contributed by atoms with E-state index >= 15 is 0 Å². The van der Waals surface area contributed by atoms with Gasteiger partial charge in [-0.1, -0.05) is 38.1 Å². The van der Waals surface area contributed by atoms with Crippen LogP contribution in [0.15, 0.2) is 24.3 Å². The van der Waals surface area contributed by atoms with E-state index in [4.69, 9.17) is 11.1 Å². The number of hydrogen-bond acceptors (Lipinski definition) is 0. The van der Waals surface area contributed by atoms with E-state index in [-0.39, 0.29) is 0 Å². The highest BCUT2D eigenvalue weighted by Gasteiger charge is 2.03. The number of hydrogen-bond donors (Lipinski definition) is 0. The fourth-order valence-corrected chi connectivity index (χ4v) is 2.85. The molecule has 0 aliphatic carbocycles. The summed E-state index contributed by atoms with van der Waals surface area (Å²) in [5, 5.41) is 1.39. The van der Waals surface area contributed by atoms with Gasteiger partial charge in [0.2, 0.25) is 0 Å². The molecule has 0 spiro atoms. The largest absolute Gasteiger partial charge is 0.170 e. The summed E-state index contributed by atoms with van der Waals surface area (Å²) in [5.41, 5.74) is 1.43. The molecule has 0 N–H and O–H groups in total. The zero-order valence-electron chi connectivity index (χ0n) is 6.97. The average Bonchev–Trinajstić information content (AvgIpc) is 2.04. The van der Waals surface area contributed by atoms with Crippen LogP contribution in [0.4, 0.5) is 0 Å². The van der Waals surface area contributed by atoms with E-state index in [2.05, 4.69) is 38.1 Å². The van der Waals surface area contributed by atoms with E-state index in [9.17, 15) is 0 Å². The van der Waals surface area contributed by atoms with Gasteiger partial charge in [0.15, 0.2) is 8.83 Å². The second kappa shape index (κ2) is 3.93. The minimum atomic E-state index is -0.508. The highest BCUT2D eigenvalue weighted by Crippen LogP contribution is 2.10. The van der Waals surface area contributed by atoms with Gasteiger partial charge in [-0.25, -0.2) is 0 Å². The van der Waals surface area contributed by atoms with Crippen LogP contribution in [0.3, 0.4) is 0 Å². The van der Waals surface area contributed by atoms with E-state index in [1.165, 1.54) is 10.8 Å². The summed E-state index contributed by atoms with van der Waals surface area (Å²) in [6.07, 6.45) is 0. The summed E-state index contributed by atoms with van der Waals surface area (Å²) < 4.78 is 0. The van der Waals surface area contributed by atoms with Crippen LogP contribution in [0.25, 0.3) is 0 Å². The number of halogens is 1. The molecule has 0 amide bonds. The van der Waals surface area contributed by atoms with Crippen LogP contribution in [-0.2, 0) is 0 Å². The van der Waals surface area contributed by atoms with Gasteiger partial charge in [-0.3, -0.25) is 0 Å². The molecule has 0 radical (unpaired) electrons. The topological polar surface area (TPSA) is 0 Å². The Hall–Kier alpha value is -0.273. The summed E-state index contributed by atoms with van der Waals surface area (Å²) >= 11 is 5.92. The maximum Gasteiger partial charge on any atom is 0.156 e. The molecule has 2 heteroatoms. The van der Waals surface area contributed by atoms with Crippen LogP contribution >= 0.6 is 11.1 Å². The summed E-state index contributed by atoms with van der Waals surface area (Å²) in [4.78, 5) is 0. The second-order valence-corrected chi connectivity index (χ2v) is 4.82. The lowest BCUT2D eigenvalue weighted by molar-refractivity contribution is 0.873. The molecule has 0 saturated carbocycles. The van der Waals surface area contributed by atoms with Gasteiger partial charge < -0.3 is 0 Å². The van der Waals surface area contributed by atoms with Gasteiger partial charge in [-0.15, -0.1) is 0 Å². The second-order valence-electron chi connectivity index (χ2n) is 2.99. The molecule has 0 saturated heterocycles. The van der Waals surface area contributed by atoms with Gasteiger partial charge in [0.1, 0.15) is 0 Å². The van der Waals surface area contributed by atoms with Gasteiger partial charge in [-0.2, -0.15) is 11.1 Å². The predicted octanol–water partition coefficient (Wildman–Crippen LogP) is 1.76. The van der Waals surface area contributed by atoms with Crippen molar-refractivity contribution in [2.45, 2.75) is 19.8 Å². The van der Waals surface area contributed by atoms with Crippen molar-refractivity contribution < 1.29 is 0 Å². The Kier molecular flexibility index (Phi) is 3.15. The highest BCUT2D eigenvalue weighted by molar-refractivity contribution is 7.01. The van der Waals surface area contributed by atoms with E-state index in [1.807, 2.05) is 0 Å². The first-order valence-electron chi connectivity index (χ1n) is 3.89. The van der Waals surface area contributed by atoms with Gasteiger partial charge in [0.05, 0.1) is 0 Å². The first kappa shape index (κ1) is 8.82. The molecule has 0 fully saturated rings. The normalized spacial score (nSPS) is 11.6. The third-order valence-corrected chi connectivity index (χ3v) is 3.62. The zero-order chi connectivity index (χ0) is 8.27. The summed E-state index contributed by atoms with van der Waals surface area (Å²) in [6, 6.07) is 8.47. The van der Waals surface area contributed by atoms with Crippen molar-refractivity contribution in [3.63, 3.8) is 0 Å². The van der Waals surface area contributed by atoms with Crippen molar-refractivity contribution >= 4 is 25.1 Å². The van der Waals surface area contributed by atoms with Crippen LogP contribution in [0.5, 0.6) is 0 Å². The van der Waals surface area contributed by atoms with Gasteiger partial charge in [0, 0.05) is 0 Å². The first-order valence-corrected chi connectivity index (χ1v) is 6.74. The van der Waals surface area contributed by atoms with Crippen molar-refractivity contribution in [2.75, 3.05) is 0 Å². The smallest absolute Gasteiger partial charge is 0.156 e. The maximum absolute atomic E-state index is 5.92. The van der Waals surface area contributed by atoms with Crippen LogP contribution in [0, 0.1) is 0 Å². The molecule has 0 unspecified atom stereocenters. The highest BCUT2D eigenvalue weighted by atomic mass is 35.6. The summed E-state index contributed by atoms with van der Waals surface area (Å²) in [6.45, 7) is 4.42. The van der Waals surface area contributed by atoms with Gasteiger partial charge in [-0.05, 0) is 16.7 Å². The van der Waals surface area contributed by atoms with Crippen LogP contribution in [0.1, 0.15) is 25.3 Å². The molecule has 0 aliphatic heterocycles. The number of benzene rings is 1. The fraction of sp³-hybridized carbons (Fsp3) is 0.333. The summed E-state index contributed by atoms with van der Waals surface area (Å²) in [5.74, 6) is 0.609. The fourth-order valence-electron chi connectivity index (χ4n) is 1.22. The van der Waals surface area contributed by atoms with Crippen molar-refractivity contribution in [3.05, 3.63) is 29.8 Å². The Morgan fingerprint density at radius 1 is 1.27 bits per heavy atom. The predicted molar refractivity (Wildman–Crippen MR) is 54.6 cm³/mol. The molecule has 0 nitrogen and oxygen atoms in total. The summed E-state index contributed by atoms with van der Waals surface area (Å²) in [7, 11) is -0.508. The van der Waals surface area contributed by atoms with E-state index in [1.54, 1.807) is 0 Å². The third-order valence-electron chi connectivity index (χ3n) is 1.82. The Balaban J connectivity index is 3.02. The Labute approximate surface area is 75.1 Å². The monoisotopic (exact) mass is 184 g/mol. The Morgan fingerprint density at radius 3 is 2.36 bits per heavy atom. The lowest BCUT2D eigenvalue weighted by Crippen LogP contribution is -2.15. The SMILES string of the molecule is CC(C)c1ccccc1[SiH2]Cl. The lowest BCUT2D eigenvalue weighted by Gasteiger charge is -2.08. The van der Waals surface area contributed by atoms with E-state index in [0.29, 0.717) is 5.92 Å². The molecule has 0 atom stereocenters. The maximum atomic E-state index is 5.92. The van der Waals surface area contributed by atoms with Crippen molar-refractivity contribution in [3.8, 4) is 0 Å². The van der Waals surface area contributed by atoms with E-state index < -0.39 is 8.83 Å². The first-order chi connectivity index (χ1) is 5.25. The molecule has 60 valence electrons. The van der Waals surface area contributed by atoms with Crippen molar-refractivity contribution in [1.82, 2.24) is 0 Å². The molecule has 0 aliphatic rings. The standard InChI is InChI=1S/C9H13ClSi/c1-7(2)8-5-3-4-6-9(8)11-10/h3-7H,11H2,1-2H3. The van der Waals surface area contributed by atoms with Crippen LogP contribution in [0.2, 0.25) is 0 Å². The molecule has 0 heterocycles. The molecule has 0 aromatic heterocycles. The zero-order valence-corrected chi connectivity index (χ0v) is 9.14. The quantitative estimate of drug-likeness (QED) is 0.486. The van der Waals surface area contributed by atoms with Crippen molar-refractivity contribution in [2.24, 2.45) is 0 Å². The molecular weight excluding hydrogens is 172 g/mol. The van der Waals surface area contributed by atoms with E-state index in [0.717, 1.165) is 0 Å². The molecule has 11 heavy (non-hydrogen) atoms. The van der Waals surface area contributed by atoms with Gasteiger partial charge in [0.25, 0.3) is 0 Å². The molecule has 1 aromatic rings. The third kappa shape index (κ3) is 2.08. The molecule has 1 rings (SSSR count). The van der Waals surface area contributed by atoms with Crippen LogP contribution < -0.4 is 5.19 Å². The van der Waals surface area contributed by atoms with Crippen molar-refractivity contribution in [1.29, 1.82) is 0 Å². The minimum absolute atomic E-state index is 0.508. The molecular formula is C9H13ClSi. The van der Waals surface area contributed by atoms with Crippen LogP contribution in [-0.4, -0.2) is 8.83 Å². The minimum Gasteiger partial charge on any atom is -0.170 e. The Morgan fingerprint density at radius 2 is 1.91 bits per heavy atom. The lowest BCUT2D eigenvalue weighted by atomic mass is 10.0. The number of rotatable bonds is 2.